The standard InChI is InChI=1S/C26H28N4O2/c1-2-30-23-11-5-4-10-21(23)22-17-19(12-13-24(22)30)25(31)28-15-6-3-7-16-29-26(32)20-9-8-14-27-18-20/h4-5,8-14,17-18H,2-3,6-7,15-16H2,1H3,(H,28,31)(H,29,32). The van der Waals surface area contributed by atoms with Crippen LogP contribution in [0.5, 0.6) is 0 Å². The number of nitrogens with zero attached hydrogens (tertiary/aromatic N) is 2. The summed E-state index contributed by atoms with van der Waals surface area (Å²) in [7, 11) is 0. The van der Waals surface area contributed by atoms with E-state index in [0.717, 1.165) is 36.7 Å². The molecule has 2 aromatic carbocycles. The minimum Gasteiger partial charge on any atom is -0.352 e. The van der Waals surface area contributed by atoms with Crippen LogP contribution in [0, 0.1) is 0 Å². The lowest BCUT2D eigenvalue weighted by atomic mass is 10.1. The van der Waals surface area contributed by atoms with Crippen LogP contribution >= 0.6 is 0 Å². The molecular formula is C26H28N4O2. The Morgan fingerprint density at radius 1 is 0.812 bits per heavy atom. The predicted molar refractivity (Wildman–Crippen MR) is 128 cm³/mol. The number of amides is 2. The number of fused-ring (bicyclic) bond motifs is 3. The van der Waals surface area contributed by atoms with Gasteiger partial charge in [-0.1, -0.05) is 18.2 Å². The summed E-state index contributed by atoms with van der Waals surface area (Å²) in [5, 5.41) is 8.20. The maximum Gasteiger partial charge on any atom is 0.252 e. The lowest BCUT2D eigenvalue weighted by Gasteiger charge is -2.07. The van der Waals surface area contributed by atoms with Gasteiger partial charge in [-0.25, -0.2) is 0 Å². The van der Waals surface area contributed by atoms with Gasteiger partial charge in [0.15, 0.2) is 0 Å². The number of carbonyl (C=O) groups excluding carboxylic acids is 2. The van der Waals surface area contributed by atoms with Crippen molar-refractivity contribution in [3.63, 3.8) is 0 Å². The second-order valence-corrected chi connectivity index (χ2v) is 7.81. The molecule has 6 nitrogen and oxygen atoms in total. The fraction of sp³-hybridized carbons (Fsp3) is 0.269. The van der Waals surface area contributed by atoms with Crippen molar-refractivity contribution in [2.24, 2.45) is 0 Å². The number of nitrogens with one attached hydrogen (secondary N) is 2. The monoisotopic (exact) mass is 428 g/mol. The highest BCUT2D eigenvalue weighted by atomic mass is 16.2. The van der Waals surface area contributed by atoms with Gasteiger partial charge in [0, 0.05) is 59.4 Å². The maximum absolute atomic E-state index is 12.7. The van der Waals surface area contributed by atoms with E-state index >= 15 is 0 Å². The Morgan fingerprint density at radius 2 is 1.53 bits per heavy atom. The van der Waals surface area contributed by atoms with Crippen LogP contribution in [0.1, 0.15) is 46.9 Å². The first kappa shape index (κ1) is 21.6. The summed E-state index contributed by atoms with van der Waals surface area (Å²) in [5.74, 6) is -0.156. The molecule has 0 aliphatic heterocycles. The molecule has 6 heteroatoms. The Bertz CT molecular complexity index is 1230. The average Bonchev–Trinajstić information content (AvgIpc) is 3.16. The molecular weight excluding hydrogens is 400 g/mol. The number of aryl methyl sites for hydroxylation is 1. The molecule has 0 saturated carbocycles. The number of benzene rings is 2. The number of hydrogen-bond acceptors (Lipinski definition) is 3. The summed E-state index contributed by atoms with van der Waals surface area (Å²) in [4.78, 5) is 28.6. The number of aromatic nitrogens is 2. The van der Waals surface area contributed by atoms with Crippen molar-refractivity contribution in [1.82, 2.24) is 20.2 Å². The third-order valence-electron chi connectivity index (χ3n) is 5.70. The first-order valence-corrected chi connectivity index (χ1v) is 11.2. The number of carbonyl (C=O) groups is 2. The molecule has 4 rings (SSSR count). The molecule has 32 heavy (non-hydrogen) atoms. The van der Waals surface area contributed by atoms with Crippen molar-refractivity contribution in [3.05, 3.63) is 78.1 Å². The van der Waals surface area contributed by atoms with Crippen LogP contribution in [0.2, 0.25) is 0 Å². The summed E-state index contributed by atoms with van der Waals surface area (Å²) in [5.41, 5.74) is 3.59. The fourth-order valence-corrected chi connectivity index (χ4v) is 4.07. The van der Waals surface area contributed by atoms with E-state index in [4.69, 9.17) is 0 Å². The molecule has 164 valence electrons. The van der Waals surface area contributed by atoms with Crippen molar-refractivity contribution in [2.75, 3.05) is 13.1 Å². The van der Waals surface area contributed by atoms with Gasteiger partial charge in [0.05, 0.1) is 5.56 Å². The second kappa shape index (κ2) is 10.1. The molecule has 4 aromatic rings. The van der Waals surface area contributed by atoms with Crippen molar-refractivity contribution in [1.29, 1.82) is 0 Å². The molecule has 0 bridgehead atoms. The van der Waals surface area contributed by atoms with E-state index in [9.17, 15) is 9.59 Å². The van der Waals surface area contributed by atoms with Gasteiger partial charge < -0.3 is 15.2 Å². The lowest BCUT2D eigenvalue weighted by molar-refractivity contribution is 0.0947. The summed E-state index contributed by atoms with van der Waals surface area (Å²) in [6.45, 7) is 4.25. The van der Waals surface area contributed by atoms with Crippen LogP contribution < -0.4 is 10.6 Å². The second-order valence-electron chi connectivity index (χ2n) is 7.81. The first-order chi connectivity index (χ1) is 15.7. The Kier molecular flexibility index (Phi) is 6.80. The van der Waals surface area contributed by atoms with Crippen LogP contribution in [0.3, 0.4) is 0 Å². The fourth-order valence-electron chi connectivity index (χ4n) is 4.07. The van der Waals surface area contributed by atoms with E-state index in [0.29, 0.717) is 24.2 Å². The normalized spacial score (nSPS) is 11.0. The molecule has 0 unspecified atom stereocenters. The molecule has 2 N–H and O–H groups in total. The minimum atomic E-state index is -0.105. The molecule has 0 fully saturated rings. The van der Waals surface area contributed by atoms with Crippen molar-refractivity contribution >= 4 is 33.6 Å². The summed E-state index contributed by atoms with van der Waals surface area (Å²) >= 11 is 0. The first-order valence-electron chi connectivity index (χ1n) is 11.2. The minimum absolute atomic E-state index is 0.0508. The molecule has 2 heterocycles. The van der Waals surface area contributed by atoms with Gasteiger partial charge in [-0.15, -0.1) is 0 Å². The van der Waals surface area contributed by atoms with E-state index in [1.165, 1.54) is 10.9 Å². The summed E-state index contributed by atoms with van der Waals surface area (Å²) in [6.07, 6.45) is 5.86. The zero-order valence-electron chi connectivity index (χ0n) is 18.3. The third-order valence-corrected chi connectivity index (χ3v) is 5.70. The van der Waals surface area contributed by atoms with E-state index in [-0.39, 0.29) is 11.8 Å². The third kappa shape index (κ3) is 4.64. The van der Waals surface area contributed by atoms with Gasteiger partial charge in [0.2, 0.25) is 0 Å². The SMILES string of the molecule is CCn1c2ccccc2c2cc(C(=O)NCCCCCNC(=O)c3cccnc3)ccc21. The highest BCUT2D eigenvalue weighted by molar-refractivity contribution is 6.10. The molecule has 0 radical (unpaired) electrons. The van der Waals surface area contributed by atoms with Crippen molar-refractivity contribution in [3.8, 4) is 0 Å². The molecule has 2 amide bonds. The van der Waals surface area contributed by atoms with Crippen molar-refractivity contribution in [2.45, 2.75) is 32.7 Å². The Labute approximate surface area is 187 Å². The van der Waals surface area contributed by atoms with Gasteiger partial charge in [-0.05, 0) is 62.6 Å². The van der Waals surface area contributed by atoms with E-state index in [2.05, 4.69) is 39.2 Å². The maximum atomic E-state index is 12.7. The highest BCUT2D eigenvalue weighted by Gasteiger charge is 2.12. The highest BCUT2D eigenvalue weighted by Crippen LogP contribution is 2.29. The largest absolute Gasteiger partial charge is 0.352 e. The molecule has 0 spiro atoms. The average molecular weight is 429 g/mol. The summed E-state index contributed by atoms with van der Waals surface area (Å²) in [6, 6.07) is 17.7. The van der Waals surface area contributed by atoms with Gasteiger partial charge in [-0.3, -0.25) is 14.6 Å². The Hall–Kier alpha value is -3.67. The van der Waals surface area contributed by atoms with E-state index < -0.39 is 0 Å². The van der Waals surface area contributed by atoms with Crippen LogP contribution in [-0.4, -0.2) is 34.5 Å². The van der Waals surface area contributed by atoms with Crippen molar-refractivity contribution < 1.29 is 9.59 Å². The van der Waals surface area contributed by atoms with Crippen LogP contribution in [-0.2, 0) is 6.54 Å². The quantitative estimate of drug-likeness (QED) is 0.384. The zero-order valence-corrected chi connectivity index (χ0v) is 18.3. The van der Waals surface area contributed by atoms with Crippen LogP contribution in [0.25, 0.3) is 21.8 Å². The van der Waals surface area contributed by atoms with Gasteiger partial charge >= 0.3 is 0 Å². The zero-order chi connectivity index (χ0) is 22.3. The van der Waals surface area contributed by atoms with Crippen LogP contribution in [0.15, 0.2) is 67.0 Å². The number of pyridine rings is 1. The van der Waals surface area contributed by atoms with Gasteiger partial charge in [0.25, 0.3) is 11.8 Å². The van der Waals surface area contributed by atoms with E-state index in [1.807, 2.05) is 30.3 Å². The predicted octanol–water partition coefficient (Wildman–Crippen LogP) is 4.54. The number of para-hydroxylation sites is 1. The summed E-state index contributed by atoms with van der Waals surface area (Å²) < 4.78 is 2.28. The van der Waals surface area contributed by atoms with E-state index in [1.54, 1.807) is 24.5 Å². The Morgan fingerprint density at radius 3 is 2.25 bits per heavy atom. The smallest absolute Gasteiger partial charge is 0.252 e. The molecule has 0 atom stereocenters. The lowest BCUT2D eigenvalue weighted by Crippen LogP contribution is -2.26. The molecule has 0 aliphatic carbocycles. The molecule has 0 saturated heterocycles. The number of unbranched alkanes of at least 4 members (excludes halogenated alkanes) is 2. The van der Waals surface area contributed by atoms with Crippen LogP contribution in [0.4, 0.5) is 0 Å². The van der Waals surface area contributed by atoms with Gasteiger partial charge in [-0.2, -0.15) is 0 Å². The molecule has 0 aliphatic rings. The Balaban J connectivity index is 1.26. The number of rotatable bonds is 9. The molecule has 2 aromatic heterocycles. The number of hydrogen-bond donors (Lipinski definition) is 2. The van der Waals surface area contributed by atoms with Gasteiger partial charge in [0.1, 0.15) is 0 Å². The topological polar surface area (TPSA) is 76.0 Å².